The van der Waals surface area contributed by atoms with Gasteiger partial charge in [0.25, 0.3) is 6.43 Å². The van der Waals surface area contributed by atoms with E-state index in [1.165, 1.54) is 0 Å². The van der Waals surface area contributed by atoms with Gasteiger partial charge in [0, 0.05) is 24.3 Å². The van der Waals surface area contributed by atoms with Crippen molar-refractivity contribution in [2.24, 2.45) is 17.8 Å². The molecule has 12 heteroatoms. The minimum absolute atomic E-state index is 0.0212. The van der Waals surface area contributed by atoms with Crippen LogP contribution < -0.4 is 0 Å². The van der Waals surface area contributed by atoms with Crippen LogP contribution in [-0.2, 0) is 11.2 Å². The standard InChI is InChI=1S/C21H25Cl2F5N2O3/c1-9-10-3-2-4-12(19(33)21(26,27)28)11(10)5-6-30(9)15(31)7-13-14(22)8-29-17(16(13)23)18(32)20(24)25/h8-12,18-20,32-33H,2-7H2,1H3/t9-,10-,11+,12-,18+,19-/m0/s1. The lowest BCUT2D eigenvalue weighted by Crippen LogP contribution is -2.55. The highest BCUT2D eigenvalue weighted by molar-refractivity contribution is 6.36. The van der Waals surface area contributed by atoms with Gasteiger partial charge in [-0.1, -0.05) is 29.6 Å². The number of nitrogens with zero attached hydrogens (tertiary/aromatic N) is 2. The second-order valence-corrected chi connectivity index (χ2v) is 9.55. The van der Waals surface area contributed by atoms with Crippen molar-refractivity contribution in [1.29, 1.82) is 0 Å². The van der Waals surface area contributed by atoms with Crippen molar-refractivity contribution in [2.45, 2.75) is 69.9 Å². The largest absolute Gasteiger partial charge is 0.414 e. The zero-order valence-electron chi connectivity index (χ0n) is 17.7. The quantitative estimate of drug-likeness (QED) is 0.548. The monoisotopic (exact) mass is 518 g/mol. The van der Waals surface area contributed by atoms with E-state index in [1.807, 2.05) is 0 Å². The van der Waals surface area contributed by atoms with Crippen LogP contribution in [0.3, 0.4) is 0 Å². The normalized spacial score (nSPS) is 27.9. The van der Waals surface area contributed by atoms with E-state index in [-0.39, 0.29) is 52.9 Å². The van der Waals surface area contributed by atoms with Gasteiger partial charge in [0.15, 0.2) is 12.2 Å². The summed E-state index contributed by atoms with van der Waals surface area (Å²) in [4.78, 5) is 18.3. The Bertz CT molecular complexity index is 873. The number of aromatic nitrogens is 1. The molecule has 3 rings (SSSR count). The van der Waals surface area contributed by atoms with Gasteiger partial charge >= 0.3 is 6.18 Å². The van der Waals surface area contributed by atoms with E-state index in [0.717, 1.165) is 6.20 Å². The summed E-state index contributed by atoms with van der Waals surface area (Å²) in [7, 11) is 0. The first kappa shape index (κ1) is 26.4. The van der Waals surface area contributed by atoms with E-state index in [9.17, 15) is 37.0 Å². The van der Waals surface area contributed by atoms with Crippen molar-refractivity contribution >= 4 is 29.1 Å². The van der Waals surface area contributed by atoms with Gasteiger partial charge in [-0.15, -0.1) is 0 Å². The Morgan fingerprint density at radius 1 is 1.21 bits per heavy atom. The van der Waals surface area contributed by atoms with Crippen LogP contribution in [0.15, 0.2) is 6.20 Å². The summed E-state index contributed by atoms with van der Waals surface area (Å²) in [6, 6.07) is -0.384. The maximum absolute atomic E-state index is 13.1. The smallest absolute Gasteiger partial charge is 0.383 e. The molecule has 2 heterocycles. The fraction of sp³-hybridized carbons (Fsp3) is 0.714. The van der Waals surface area contributed by atoms with E-state index >= 15 is 0 Å². The predicted octanol–water partition coefficient (Wildman–Crippen LogP) is 4.81. The first-order valence-electron chi connectivity index (χ1n) is 10.7. The minimum Gasteiger partial charge on any atom is -0.383 e. The van der Waals surface area contributed by atoms with E-state index in [0.29, 0.717) is 19.3 Å². The number of carbonyl (C=O) groups is 1. The Morgan fingerprint density at radius 3 is 2.48 bits per heavy atom. The first-order chi connectivity index (χ1) is 15.3. The number of carbonyl (C=O) groups excluding carboxylic acids is 1. The number of halogens is 7. The highest BCUT2D eigenvalue weighted by Gasteiger charge is 2.51. The van der Waals surface area contributed by atoms with Crippen LogP contribution >= 0.6 is 23.2 Å². The van der Waals surface area contributed by atoms with Crippen LogP contribution in [0.4, 0.5) is 22.0 Å². The average Bonchev–Trinajstić information content (AvgIpc) is 2.74. The highest BCUT2D eigenvalue weighted by atomic mass is 35.5. The SMILES string of the molecule is C[C@H]1[C@@H]2CCC[C@H]([C@H](O)C(F)(F)F)[C@@H]2CCN1C(=O)Cc1c(Cl)cnc([C@@H](O)C(F)F)c1Cl. The molecule has 1 amide bonds. The van der Waals surface area contributed by atoms with Crippen LogP contribution in [0, 0.1) is 17.8 Å². The third-order valence-electron chi connectivity index (χ3n) is 6.99. The van der Waals surface area contributed by atoms with Crippen molar-refractivity contribution in [2.75, 3.05) is 6.54 Å². The number of aliphatic hydroxyl groups excluding tert-OH is 2. The molecule has 1 aliphatic carbocycles. The highest BCUT2D eigenvalue weighted by Crippen LogP contribution is 2.47. The van der Waals surface area contributed by atoms with Crippen LogP contribution in [0.1, 0.15) is 50.0 Å². The summed E-state index contributed by atoms with van der Waals surface area (Å²) >= 11 is 12.2. The summed E-state index contributed by atoms with van der Waals surface area (Å²) < 4.78 is 65.2. The number of pyridine rings is 1. The number of hydrogen-bond acceptors (Lipinski definition) is 4. The molecular formula is C21H25Cl2F5N2O3. The Balaban J connectivity index is 1.78. The van der Waals surface area contributed by atoms with Gasteiger partial charge in [-0.2, -0.15) is 13.2 Å². The zero-order valence-corrected chi connectivity index (χ0v) is 19.2. The van der Waals surface area contributed by atoms with Crippen molar-refractivity contribution in [1.82, 2.24) is 9.88 Å². The molecule has 33 heavy (non-hydrogen) atoms. The molecule has 2 N–H and O–H groups in total. The molecule has 0 radical (unpaired) electrons. The molecule has 0 bridgehead atoms. The van der Waals surface area contributed by atoms with Gasteiger partial charge in [-0.3, -0.25) is 9.78 Å². The van der Waals surface area contributed by atoms with E-state index in [2.05, 4.69) is 4.98 Å². The van der Waals surface area contributed by atoms with Crippen molar-refractivity contribution in [3.8, 4) is 0 Å². The molecular weight excluding hydrogens is 494 g/mol. The average molecular weight is 519 g/mol. The zero-order chi connectivity index (χ0) is 24.7. The summed E-state index contributed by atoms with van der Waals surface area (Å²) in [5.74, 6) is -1.90. The topological polar surface area (TPSA) is 73.7 Å². The lowest BCUT2D eigenvalue weighted by Gasteiger charge is -2.50. The molecule has 0 unspecified atom stereocenters. The molecule has 1 aliphatic heterocycles. The van der Waals surface area contributed by atoms with Gasteiger partial charge in [-0.05, 0) is 43.9 Å². The molecule has 1 aromatic heterocycles. The molecule has 1 saturated carbocycles. The van der Waals surface area contributed by atoms with Gasteiger partial charge in [0.2, 0.25) is 5.91 Å². The molecule has 0 spiro atoms. The van der Waals surface area contributed by atoms with E-state index < -0.39 is 42.3 Å². The summed E-state index contributed by atoms with van der Waals surface area (Å²) in [5, 5.41) is 19.2. The number of alkyl halides is 5. The molecule has 2 fully saturated rings. The second kappa shape index (κ2) is 10.2. The molecule has 186 valence electrons. The third kappa shape index (κ3) is 5.39. The summed E-state index contributed by atoms with van der Waals surface area (Å²) in [6.07, 6.45) is -10.0. The van der Waals surface area contributed by atoms with Crippen LogP contribution in [0.5, 0.6) is 0 Å². The number of likely N-dealkylation sites (tertiary alicyclic amines) is 1. The second-order valence-electron chi connectivity index (χ2n) is 8.77. The van der Waals surface area contributed by atoms with Gasteiger partial charge in [0.1, 0.15) is 0 Å². The Hall–Kier alpha value is -1.23. The van der Waals surface area contributed by atoms with Gasteiger partial charge in [0.05, 0.1) is 22.2 Å². The van der Waals surface area contributed by atoms with E-state index in [1.54, 1.807) is 11.8 Å². The summed E-state index contributed by atoms with van der Waals surface area (Å²) in [5.41, 5.74) is -0.432. The number of fused-ring (bicyclic) bond motifs is 1. The minimum atomic E-state index is -4.70. The molecule has 0 aromatic carbocycles. The number of aliphatic hydroxyl groups is 2. The molecule has 1 aromatic rings. The van der Waals surface area contributed by atoms with Gasteiger partial charge in [-0.25, -0.2) is 8.78 Å². The lowest BCUT2D eigenvalue weighted by molar-refractivity contribution is -0.233. The maximum Gasteiger partial charge on any atom is 0.414 e. The first-order valence-corrected chi connectivity index (χ1v) is 11.4. The maximum atomic E-state index is 13.1. The predicted molar refractivity (Wildman–Crippen MR) is 111 cm³/mol. The van der Waals surface area contributed by atoms with Gasteiger partial charge < -0.3 is 15.1 Å². The lowest BCUT2D eigenvalue weighted by atomic mass is 9.64. The Morgan fingerprint density at radius 2 is 1.88 bits per heavy atom. The van der Waals surface area contributed by atoms with Crippen molar-refractivity contribution < 1.29 is 37.0 Å². The number of amides is 1. The molecule has 5 nitrogen and oxygen atoms in total. The number of piperidine rings is 1. The number of rotatable bonds is 5. The van der Waals surface area contributed by atoms with Crippen molar-refractivity contribution in [3.05, 3.63) is 27.5 Å². The third-order valence-corrected chi connectivity index (χ3v) is 7.74. The fourth-order valence-corrected chi connectivity index (χ4v) is 5.92. The number of hydrogen-bond donors (Lipinski definition) is 2. The molecule has 1 saturated heterocycles. The van der Waals surface area contributed by atoms with Crippen LogP contribution in [-0.4, -0.2) is 57.3 Å². The Labute approximate surface area is 197 Å². The summed E-state index contributed by atoms with van der Waals surface area (Å²) in [6.45, 7) is 1.95. The molecule has 6 atom stereocenters. The van der Waals surface area contributed by atoms with Crippen LogP contribution in [0.25, 0.3) is 0 Å². The van der Waals surface area contributed by atoms with E-state index in [4.69, 9.17) is 23.2 Å². The fourth-order valence-electron chi connectivity index (χ4n) is 5.33. The Kier molecular flexibility index (Phi) is 8.13. The van der Waals surface area contributed by atoms with Crippen LogP contribution in [0.2, 0.25) is 10.0 Å². The molecule has 2 aliphatic rings. The van der Waals surface area contributed by atoms with Crippen molar-refractivity contribution in [3.63, 3.8) is 0 Å².